The number of carbonyl (C=O) groups excluding carboxylic acids is 1. The van der Waals surface area contributed by atoms with Crippen molar-refractivity contribution in [3.63, 3.8) is 0 Å². The molecule has 1 saturated heterocycles. The van der Waals surface area contributed by atoms with Crippen molar-refractivity contribution in [1.29, 1.82) is 0 Å². The Morgan fingerprint density at radius 3 is 2.61 bits per heavy atom. The number of rotatable bonds is 5. The number of nitrogens with zero attached hydrogens (tertiary/aromatic N) is 5. The lowest BCUT2D eigenvalue weighted by atomic mass is 10.1. The molecule has 0 aliphatic carbocycles. The van der Waals surface area contributed by atoms with Crippen LogP contribution in [0.2, 0.25) is 0 Å². The van der Waals surface area contributed by atoms with Crippen LogP contribution in [0.5, 0.6) is 0 Å². The number of nitrogens with one attached hydrogen (secondary N) is 1. The van der Waals surface area contributed by atoms with Crippen molar-refractivity contribution < 1.29 is 18.0 Å². The first-order valence-electron chi connectivity index (χ1n) is 11.7. The minimum atomic E-state index is -4.47. The number of hydrogen-bond acceptors (Lipinski definition) is 6. The Labute approximate surface area is 205 Å². The molecule has 36 heavy (non-hydrogen) atoms. The minimum Gasteiger partial charge on any atom is -0.326 e. The van der Waals surface area contributed by atoms with E-state index in [1.165, 1.54) is 27.6 Å². The fraction of sp³-hybridized carbons (Fsp3) is 0.360. The molecule has 4 aromatic rings. The van der Waals surface area contributed by atoms with E-state index in [2.05, 4.69) is 20.5 Å². The van der Waals surface area contributed by atoms with E-state index in [-0.39, 0.29) is 36.5 Å². The molecule has 1 fully saturated rings. The predicted octanol–water partition coefficient (Wildman–Crippen LogP) is 4.18. The summed E-state index contributed by atoms with van der Waals surface area (Å²) in [6.45, 7) is 4.07. The third kappa shape index (κ3) is 4.63. The molecule has 5 rings (SSSR count). The van der Waals surface area contributed by atoms with Crippen LogP contribution in [0, 0.1) is 5.92 Å². The summed E-state index contributed by atoms with van der Waals surface area (Å²) in [6.07, 6.45) is -2.52. The fourth-order valence-electron chi connectivity index (χ4n) is 4.51. The minimum absolute atomic E-state index is 0.0876. The average molecular weight is 498 g/mol. The first-order chi connectivity index (χ1) is 17.1. The van der Waals surface area contributed by atoms with Crippen molar-refractivity contribution in [2.24, 2.45) is 11.7 Å². The number of benzene rings is 1. The normalized spacial score (nSPS) is 17.8. The number of likely N-dealkylation sites (tertiary alicyclic amines) is 1. The zero-order valence-corrected chi connectivity index (χ0v) is 19.8. The monoisotopic (exact) mass is 497 g/mol. The molecule has 1 amide bonds. The number of amides is 1. The maximum absolute atomic E-state index is 14.1. The molecule has 1 aromatic carbocycles. The second-order valence-electron chi connectivity index (χ2n) is 9.45. The number of halogens is 3. The number of nitrogens with two attached hydrogens (primary N) is 1. The zero-order valence-electron chi connectivity index (χ0n) is 19.8. The van der Waals surface area contributed by atoms with Crippen molar-refractivity contribution in [2.75, 3.05) is 18.4 Å². The molecular formula is C25H26F3N7O. The van der Waals surface area contributed by atoms with E-state index in [0.717, 1.165) is 5.39 Å². The summed E-state index contributed by atoms with van der Waals surface area (Å²) in [6, 6.07) is 9.90. The van der Waals surface area contributed by atoms with E-state index in [1.54, 1.807) is 32.0 Å². The molecular weight excluding hydrogens is 471 g/mol. The van der Waals surface area contributed by atoms with Gasteiger partial charge in [-0.05, 0) is 36.2 Å². The van der Waals surface area contributed by atoms with Crippen LogP contribution < -0.4 is 11.1 Å². The molecule has 4 heterocycles. The molecule has 3 N–H and O–H groups in total. The van der Waals surface area contributed by atoms with Gasteiger partial charge in [0.1, 0.15) is 11.7 Å². The first kappa shape index (κ1) is 24.1. The Balaban J connectivity index is 1.54. The highest BCUT2D eigenvalue weighted by Gasteiger charge is 2.46. The van der Waals surface area contributed by atoms with Gasteiger partial charge in [-0.3, -0.25) is 14.1 Å². The van der Waals surface area contributed by atoms with Crippen molar-refractivity contribution in [1.82, 2.24) is 24.5 Å². The topological polar surface area (TPSA) is 101 Å². The number of aromatic nitrogens is 4. The van der Waals surface area contributed by atoms with Gasteiger partial charge in [0.2, 0.25) is 5.91 Å². The van der Waals surface area contributed by atoms with Crippen molar-refractivity contribution in [3.8, 4) is 11.5 Å². The number of fused-ring (bicyclic) bond motifs is 2. The highest BCUT2D eigenvalue weighted by atomic mass is 19.4. The maximum Gasteiger partial charge on any atom is 0.408 e. The number of anilines is 1. The molecule has 0 radical (unpaired) electrons. The molecule has 188 valence electrons. The van der Waals surface area contributed by atoms with Crippen LogP contribution in [0.1, 0.15) is 31.9 Å². The summed E-state index contributed by atoms with van der Waals surface area (Å²) < 4.78 is 43.9. The average Bonchev–Trinajstić information content (AvgIpc) is 3.43. The van der Waals surface area contributed by atoms with Crippen molar-refractivity contribution in [2.45, 2.75) is 38.5 Å². The third-order valence-electron chi connectivity index (χ3n) is 6.39. The van der Waals surface area contributed by atoms with Gasteiger partial charge in [0, 0.05) is 42.3 Å². The van der Waals surface area contributed by atoms with Gasteiger partial charge in [0.15, 0.2) is 11.5 Å². The second-order valence-corrected chi connectivity index (χ2v) is 9.45. The standard InChI is InChI=1S/C25H26F3N7O/c1-14(2)24(36)30-18-6-3-15-4-7-19(31-20(15)11-18)23-33-32-21-8-5-16(12-35(21)23)22(25(26,27)28)34-10-9-17(29)13-34/h3-8,11-12,14,17,22H,9-10,13,29H2,1-2H3,(H,30,36)/t17-,22?/m0/s1. The van der Waals surface area contributed by atoms with Gasteiger partial charge < -0.3 is 11.1 Å². The first-order valence-corrected chi connectivity index (χ1v) is 11.7. The highest BCUT2D eigenvalue weighted by Crippen LogP contribution is 2.39. The van der Waals surface area contributed by atoms with E-state index >= 15 is 0 Å². The molecule has 2 atom stereocenters. The Morgan fingerprint density at radius 1 is 1.14 bits per heavy atom. The van der Waals surface area contributed by atoms with Gasteiger partial charge in [-0.1, -0.05) is 32.0 Å². The Kier molecular flexibility index (Phi) is 6.13. The van der Waals surface area contributed by atoms with E-state index in [1.807, 2.05) is 12.1 Å². The van der Waals surface area contributed by atoms with Gasteiger partial charge in [-0.15, -0.1) is 10.2 Å². The molecule has 8 nitrogen and oxygen atoms in total. The number of alkyl halides is 3. The van der Waals surface area contributed by atoms with Crippen LogP contribution in [-0.4, -0.2) is 55.7 Å². The van der Waals surface area contributed by atoms with Crippen LogP contribution >= 0.6 is 0 Å². The lowest BCUT2D eigenvalue weighted by Crippen LogP contribution is -2.38. The smallest absolute Gasteiger partial charge is 0.326 e. The summed E-state index contributed by atoms with van der Waals surface area (Å²) in [7, 11) is 0. The van der Waals surface area contributed by atoms with Crippen LogP contribution in [0.3, 0.4) is 0 Å². The number of carbonyl (C=O) groups is 1. The number of hydrogen-bond donors (Lipinski definition) is 2. The SMILES string of the molecule is CC(C)C(=O)Nc1ccc2ccc(-c3nnc4ccc(C(N5CC[C@H](N)C5)C(F)(F)F)cn34)nc2c1. The van der Waals surface area contributed by atoms with E-state index in [0.29, 0.717) is 34.8 Å². The lowest BCUT2D eigenvalue weighted by Gasteiger charge is -2.30. The molecule has 1 aliphatic heterocycles. The molecule has 0 saturated carbocycles. The molecule has 1 unspecified atom stereocenters. The highest BCUT2D eigenvalue weighted by molar-refractivity contribution is 5.94. The van der Waals surface area contributed by atoms with E-state index in [9.17, 15) is 18.0 Å². The summed E-state index contributed by atoms with van der Waals surface area (Å²) in [4.78, 5) is 18.1. The van der Waals surface area contributed by atoms with Gasteiger partial charge >= 0.3 is 6.18 Å². The Morgan fingerprint density at radius 2 is 1.92 bits per heavy atom. The quantitative estimate of drug-likeness (QED) is 0.429. The van der Waals surface area contributed by atoms with Gasteiger partial charge in [-0.25, -0.2) is 4.98 Å². The third-order valence-corrected chi connectivity index (χ3v) is 6.39. The van der Waals surface area contributed by atoms with Crippen molar-refractivity contribution in [3.05, 3.63) is 54.2 Å². The van der Waals surface area contributed by atoms with Gasteiger partial charge in [-0.2, -0.15) is 13.2 Å². The summed E-state index contributed by atoms with van der Waals surface area (Å²) in [5, 5.41) is 12.0. The largest absolute Gasteiger partial charge is 0.408 e. The van der Waals surface area contributed by atoms with Crippen LogP contribution in [0.15, 0.2) is 48.7 Å². The summed E-state index contributed by atoms with van der Waals surface area (Å²) in [5.41, 5.74) is 8.06. The predicted molar refractivity (Wildman–Crippen MR) is 130 cm³/mol. The summed E-state index contributed by atoms with van der Waals surface area (Å²) in [5.74, 6) is 0.0393. The van der Waals surface area contributed by atoms with Crippen LogP contribution in [-0.2, 0) is 4.79 Å². The van der Waals surface area contributed by atoms with E-state index < -0.39 is 12.2 Å². The maximum atomic E-state index is 14.1. The fourth-order valence-corrected chi connectivity index (χ4v) is 4.51. The lowest BCUT2D eigenvalue weighted by molar-refractivity contribution is -0.183. The van der Waals surface area contributed by atoms with Gasteiger partial charge in [0.25, 0.3) is 0 Å². The van der Waals surface area contributed by atoms with E-state index in [4.69, 9.17) is 5.73 Å². The Hall–Kier alpha value is -3.57. The molecule has 1 aliphatic rings. The molecule has 0 bridgehead atoms. The van der Waals surface area contributed by atoms with Gasteiger partial charge in [0.05, 0.1) is 5.52 Å². The Bertz CT molecular complexity index is 1430. The molecule has 11 heteroatoms. The number of pyridine rings is 2. The summed E-state index contributed by atoms with van der Waals surface area (Å²) >= 11 is 0. The zero-order chi connectivity index (χ0) is 25.6. The van der Waals surface area contributed by atoms with Crippen LogP contribution in [0.25, 0.3) is 28.1 Å². The van der Waals surface area contributed by atoms with Crippen LogP contribution in [0.4, 0.5) is 18.9 Å². The van der Waals surface area contributed by atoms with Crippen molar-refractivity contribution >= 4 is 28.1 Å². The molecule has 0 spiro atoms. The molecule has 3 aromatic heterocycles. The second kappa shape index (κ2) is 9.14.